The normalized spacial score (nSPS) is 9.81. The molecule has 0 spiro atoms. The number of nitriles is 1. The van der Waals surface area contributed by atoms with Crippen LogP contribution in [0.3, 0.4) is 0 Å². The molecule has 5 heteroatoms. The lowest BCUT2D eigenvalue weighted by Gasteiger charge is -2.21. The lowest BCUT2D eigenvalue weighted by atomic mass is 10.3. The topological polar surface area (TPSA) is 65.4 Å². The summed E-state index contributed by atoms with van der Waals surface area (Å²) in [6.07, 6.45) is 0.847. The molecule has 0 fully saturated rings. The van der Waals surface area contributed by atoms with E-state index in [9.17, 15) is 4.79 Å². The highest BCUT2D eigenvalue weighted by Gasteiger charge is 2.11. The number of nitrogens with zero attached hydrogens (tertiary/aromatic N) is 2. The minimum Gasteiger partial charge on any atom is -0.383 e. The first-order valence-corrected chi connectivity index (χ1v) is 5.60. The summed E-state index contributed by atoms with van der Waals surface area (Å²) in [5.41, 5.74) is 0. The predicted molar refractivity (Wildman–Crippen MR) is 61.8 cm³/mol. The summed E-state index contributed by atoms with van der Waals surface area (Å²) < 4.78 is 4.94. The van der Waals surface area contributed by atoms with Crippen LogP contribution in [0.25, 0.3) is 0 Å². The Kier molecular flexibility index (Phi) is 9.67. The number of ether oxygens (including phenoxy) is 1. The van der Waals surface area contributed by atoms with Crippen molar-refractivity contribution in [1.82, 2.24) is 10.2 Å². The number of hydrogen-bond acceptors (Lipinski definition) is 4. The van der Waals surface area contributed by atoms with Crippen molar-refractivity contribution in [2.45, 2.75) is 19.8 Å². The van der Waals surface area contributed by atoms with Crippen molar-refractivity contribution < 1.29 is 9.53 Å². The summed E-state index contributed by atoms with van der Waals surface area (Å²) in [7, 11) is 1.60. The maximum absolute atomic E-state index is 11.8. The number of hydrogen-bond donors (Lipinski definition) is 1. The molecule has 0 aromatic rings. The predicted octanol–water partition coefficient (Wildman–Crippen LogP) is 0.375. The van der Waals surface area contributed by atoms with Gasteiger partial charge in [-0.05, 0) is 6.54 Å². The third kappa shape index (κ3) is 7.21. The van der Waals surface area contributed by atoms with Gasteiger partial charge in [-0.2, -0.15) is 5.26 Å². The molecular weight excluding hydrogens is 206 g/mol. The van der Waals surface area contributed by atoms with Crippen LogP contribution < -0.4 is 5.32 Å². The van der Waals surface area contributed by atoms with Gasteiger partial charge in [0.1, 0.15) is 0 Å². The number of carbonyl (C=O) groups is 1. The summed E-state index contributed by atoms with van der Waals surface area (Å²) in [6, 6.07) is 2.05. The molecule has 0 rings (SSSR count). The molecule has 1 N–H and O–H groups in total. The first-order valence-electron chi connectivity index (χ1n) is 5.60. The van der Waals surface area contributed by atoms with Crippen molar-refractivity contribution in [3.05, 3.63) is 0 Å². The molecule has 0 aliphatic carbocycles. The van der Waals surface area contributed by atoms with Gasteiger partial charge in [-0.1, -0.05) is 6.92 Å². The van der Waals surface area contributed by atoms with Crippen LogP contribution in [0.4, 0.5) is 0 Å². The van der Waals surface area contributed by atoms with Crippen LogP contribution >= 0.6 is 0 Å². The monoisotopic (exact) mass is 227 g/mol. The van der Waals surface area contributed by atoms with Crippen LogP contribution in [0.5, 0.6) is 0 Å². The molecule has 0 bridgehead atoms. The second-order valence-electron chi connectivity index (χ2n) is 3.39. The van der Waals surface area contributed by atoms with Gasteiger partial charge in [-0.25, -0.2) is 0 Å². The van der Waals surface area contributed by atoms with E-state index < -0.39 is 0 Å². The van der Waals surface area contributed by atoms with Gasteiger partial charge in [0.15, 0.2) is 0 Å². The van der Waals surface area contributed by atoms with Gasteiger partial charge >= 0.3 is 0 Å². The summed E-state index contributed by atoms with van der Waals surface area (Å²) in [4.78, 5) is 13.4. The van der Waals surface area contributed by atoms with Crippen molar-refractivity contribution in [3.8, 4) is 6.07 Å². The van der Waals surface area contributed by atoms with Crippen molar-refractivity contribution in [1.29, 1.82) is 5.26 Å². The Hall–Kier alpha value is -1.12. The molecule has 92 valence electrons. The first-order chi connectivity index (χ1) is 7.76. The maximum Gasteiger partial charge on any atom is 0.223 e. The molecule has 0 aromatic heterocycles. The molecular formula is C11H21N3O2. The number of rotatable bonds is 9. The average Bonchev–Trinajstić information content (AvgIpc) is 2.29. The van der Waals surface area contributed by atoms with Crippen LogP contribution in [-0.2, 0) is 9.53 Å². The second-order valence-corrected chi connectivity index (χ2v) is 3.39. The average molecular weight is 227 g/mol. The first kappa shape index (κ1) is 14.9. The molecule has 0 heterocycles. The molecule has 0 saturated carbocycles. The van der Waals surface area contributed by atoms with E-state index in [4.69, 9.17) is 10.00 Å². The lowest BCUT2D eigenvalue weighted by molar-refractivity contribution is -0.131. The van der Waals surface area contributed by atoms with Crippen LogP contribution in [-0.4, -0.2) is 50.7 Å². The van der Waals surface area contributed by atoms with E-state index in [1.807, 2.05) is 13.0 Å². The Morgan fingerprint density at radius 3 is 2.81 bits per heavy atom. The zero-order valence-electron chi connectivity index (χ0n) is 10.2. The fourth-order valence-electron chi connectivity index (χ4n) is 1.28. The van der Waals surface area contributed by atoms with Crippen LogP contribution in [0.2, 0.25) is 0 Å². The van der Waals surface area contributed by atoms with E-state index in [1.54, 1.807) is 12.0 Å². The highest BCUT2D eigenvalue weighted by atomic mass is 16.5. The van der Waals surface area contributed by atoms with Crippen LogP contribution in [0, 0.1) is 11.3 Å². The molecule has 1 amide bonds. The Bertz CT molecular complexity index is 226. The number of carbonyl (C=O) groups excluding carboxylic acids is 1. The van der Waals surface area contributed by atoms with E-state index in [-0.39, 0.29) is 5.91 Å². The Morgan fingerprint density at radius 2 is 2.25 bits per heavy atom. The Balaban J connectivity index is 3.94. The Morgan fingerprint density at radius 1 is 1.50 bits per heavy atom. The summed E-state index contributed by atoms with van der Waals surface area (Å²) >= 11 is 0. The molecule has 0 unspecified atom stereocenters. The molecule has 16 heavy (non-hydrogen) atoms. The fraction of sp³-hybridized carbons (Fsp3) is 0.818. The lowest BCUT2D eigenvalue weighted by Crippen LogP contribution is -2.36. The van der Waals surface area contributed by atoms with E-state index in [1.165, 1.54) is 0 Å². The second kappa shape index (κ2) is 10.4. The SMILES string of the molecule is CCNCCC(=O)N(CCC#N)CCOC. The molecule has 0 aliphatic rings. The van der Waals surface area contributed by atoms with Crippen molar-refractivity contribution in [3.63, 3.8) is 0 Å². The molecule has 0 atom stereocenters. The number of nitrogens with one attached hydrogen (secondary N) is 1. The third-order valence-electron chi connectivity index (χ3n) is 2.18. The maximum atomic E-state index is 11.8. The zero-order valence-corrected chi connectivity index (χ0v) is 10.2. The molecule has 0 radical (unpaired) electrons. The highest BCUT2D eigenvalue weighted by Crippen LogP contribution is 1.96. The van der Waals surface area contributed by atoms with E-state index in [2.05, 4.69) is 5.32 Å². The third-order valence-corrected chi connectivity index (χ3v) is 2.18. The Labute approximate surface area is 97.4 Å². The van der Waals surface area contributed by atoms with Gasteiger partial charge in [0.05, 0.1) is 19.1 Å². The summed E-state index contributed by atoms with van der Waals surface area (Å²) in [6.45, 7) is 5.12. The van der Waals surface area contributed by atoms with Gasteiger partial charge in [0.25, 0.3) is 0 Å². The molecule has 0 aliphatic heterocycles. The van der Waals surface area contributed by atoms with Gasteiger partial charge in [0.2, 0.25) is 5.91 Å². The van der Waals surface area contributed by atoms with Crippen molar-refractivity contribution in [2.75, 3.05) is 39.9 Å². The molecule has 0 aromatic carbocycles. The van der Waals surface area contributed by atoms with Gasteiger partial charge in [-0.3, -0.25) is 4.79 Å². The van der Waals surface area contributed by atoms with Crippen LogP contribution in [0.1, 0.15) is 19.8 Å². The van der Waals surface area contributed by atoms with Gasteiger partial charge in [0, 0.05) is 33.2 Å². The largest absolute Gasteiger partial charge is 0.383 e. The van der Waals surface area contributed by atoms with Crippen molar-refractivity contribution in [2.24, 2.45) is 0 Å². The van der Waals surface area contributed by atoms with E-state index in [0.29, 0.717) is 39.1 Å². The quantitative estimate of drug-likeness (QED) is 0.578. The number of amides is 1. The van der Waals surface area contributed by atoms with Gasteiger partial charge < -0.3 is 15.0 Å². The molecule has 5 nitrogen and oxygen atoms in total. The molecule has 0 saturated heterocycles. The summed E-state index contributed by atoms with van der Waals surface area (Å²) in [5.74, 6) is 0.0771. The highest BCUT2D eigenvalue weighted by molar-refractivity contribution is 5.76. The van der Waals surface area contributed by atoms with E-state index >= 15 is 0 Å². The fourth-order valence-corrected chi connectivity index (χ4v) is 1.28. The standard InChI is InChI=1S/C11H21N3O2/c1-3-13-7-5-11(15)14(8-4-6-12)9-10-16-2/h13H,3-5,7-10H2,1-2H3. The van der Waals surface area contributed by atoms with E-state index in [0.717, 1.165) is 6.54 Å². The zero-order chi connectivity index (χ0) is 12.2. The minimum absolute atomic E-state index is 0.0771. The van der Waals surface area contributed by atoms with Crippen LogP contribution in [0.15, 0.2) is 0 Å². The smallest absolute Gasteiger partial charge is 0.223 e. The number of methoxy groups -OCH3 is 1. The minimum atomic E-state index is 0.0771. The van der Waals surface area contributed by atoms with Crippen molar-refractivity contribution >= 4 is 5.91 Å². The van der Waals surface area contributed by atoms with Gasteiger partial charge in [-0.15, -0.1) is 0 Å². The summed E-state index contributed by atoms with van der Waals surface area (Å²) in [5, 5.41) is 11.6.